The van der Waals surface area contributed by atoms with Gasteiger partial charge in [-0.05, 0) is 0 Å². The molecular formula is C2H10N4O8P2. The van der Waals surface area contributed by atoms with Crippen LogP contribution in [-0.2, 0) is 13.4 Å². The number of primary amides is 1. The monoisotopic (exact) mass is 280 g/mol. The maximum Gasteiger partial charge on any atom is 0.478 e. The number of amides is 2. The summed E-state index contributed by atoms with van der Waals surface area (Å²) in [5.74, 6) is 4.58. The highest BCUT2D eigenvalue weighted by Crippen LogP contribution is 2.53. The molecule has 0 aromatic carbocycles. The molecule has 0 saturated carbocycles. The molecule has 0 aliphatic heterocycles. The number of hydrogen-bond acceptors (Lipinski definition) is 6. The number of hydrazone groups is 1. The number of phosphoric acid groups is 2. The first-order valence-corrected chi connectivity index (χ1v) is 6.14. The van der Waals surface area contributed by atoms with Gasteiger partial charge in [0, 0.05) is 0 Å². The van der Waals surface area contributed by atoms with E-state index in [0.717, 1.165) is 6.34 Å². The molecular weight excluding hydrogens is 270 g/mol. The molecule has 2 amide bonds. The lowest BCUT2D eigenvalue weighted by Crippen LogP contribution is -2.28. The van der Waals surface area contributed by atoms with Gasteiger partial charge in [-0.3, -0.25) is 5.32 Å². The van der Waals surface area contributed by atoms with E-state index in [1.807, 2.05) is 5.32 Å². The van der Waals surface area contributed by atoms with Gasteiger partial charge in [0.1, 0.15) is 6.34 Å². The van der Waals surface area contributed by atoms with E-state index in [2.05, 4.69) is 21.0 Å². The molecule has 0 unspecified atom stereocenters. The first kappa shape index (κ1) is 17.4. The number of carbonyl (C=O) groups excluding carboxylic acids is 1. The second-order valence-corrected chi connectivity index (χ2v) is 4.47. The average molecular weight is 280 g/mol. The van der Waals surface area contributed by atoms with E-state index >= 15 is 0 Å². The van der Waals surface area contributed by atoms with Gasteiger partial charge < -0.3 is 31.1 Å². The lowest BCUT2D eigenvalue weighted by atomic mass is 11.0. The third kappa shape index (κ3) is 23.1. The Morgan fingerprint density at radius 2 is 1.62 bits per heavy atom. The molecule has 0 aromatic rings. The maximum atomic E-state index is 9.72. The van der Waals surface area contributed by atoms with E-state index in [4.69, 9.17) is 19.6 Å². The van der Waals surface area contributed by atoms with Crippen LogP contribution in [0.15, 0.2) is 5.10 Å². The molecule has 0 radical (unpaired) electrons. The van der Waals surface area contributed by atoms with Crippen LogP contribution in [0, 0.1) is 0 Å². The lowest BCUT2D eigenvalue weighted by Gasteiger charge is -2.03. The Morgan fingerprint density at radius 3 is 1.69 bits per heavy atom. The standard InChI is InChI=1S/C2H6N4O.H4O7P2/c3-2(7)5-1-6-4;1-8(2,3)7-9(4,5)6/h1H,4H2,(H3,3,5,6,7);(H2,1,2,3)(H2,4,5,6). The molecule has 16 heavy (non-hydrogen) atoms. The predicted octanol–water partition coefficient (Wildman–Crippen LogP) is -2.25. The Balaban J connectivity index is 0. The topological polar surface area (TPSA) is 218 Å². The Labute approximate surface area is 88.8 Å². The predicted molar refractivity (Wildman–Crippen MR) is 50.6 cm³/mol. The van der Waals surface area contributed by atoms with Crippen molar-refractivity contribution >= 4 is 28.0 Å². The van der Waals surface area contributed by atoms with E-state index < -0.39 is 21.7 Å². The van der Waals surface area contributed by atoms with Gasteiger partial charge in [-0.25, -0.2) is 13.9 Å². The third-order valence-electron chi connectivity index (χ3n) is 0.494. The Morgan fingerprint density at radius 1 is 1.25 bits per heavy atom. The number of hydrogen-bond donors (Lipinski definition) is 7. The van der Waals surface area contributed by atoms with Crippen molar-refractivity contribution in [3.8, 4) is 0 Å². The van der Waals surface area contributed by atoms with Gasteiger partial charge in [-0.2, -0.15) is 9.41 Å². The Bertz CT molecular complexity index is 309. The maximum absolute atomic E-state index is 9.72. The van der Waals surface area contributed by atoms with Crippen molar-refractivity contribution < 1.29 is 37.8 Å². The van der Waals surface area contributed by atoms with Gasteiger partial charge in [0.2, 0.25) is 0 Å². The van der Waals surface area contributed by atoms with Crippen LogP contribution >= 0.6 is 15.6 Å². The Hall–Kier alpha value is -1.00. The summed E-state index contributed by atoms with van der Waals surface area (Å²) in [6.07, 6.45) is 1.00. The molecule has 0 aliphatic rings. The second kappa shape index (κ2) is 7.30. The smallest absolute Gasteiger partial charge is 0.351 e. The number of carbonyl (C=O) groups is 1. The van der Waals surface area contributed by atoms with Crippen molar-refractivity contribution in [2.24, 2.45) is 16.7 Å². The van der Waals surface area contributed by atoms with Gasteiger partial charge >= 0.3 is 21.7 Å². The molecule has 0 heterocycles. The van der Waals surface area contributed by atoms with E-state index in [1.54, 1.807) is 0 Å². The fraction of sp³-hybridized carbons (Fsp3) is 0. The van der Waals surface area contributed by atoms with Crippen molar-refractivity contribution in [1.29, 1.82) is 0 Å². The van der Waals surface area contributed by atoms with Gasteiger partial charge in [-0.1, -0.05) is 0 Å². The van der Waals surface area contributed by atoms with Gasteiger partial charge in [0.05, 0.1) is 0 Å². The molecule has 0 aromatic heterocycles. The summed E-state index contributed by atoms with van der Waals surface area (Å²) in [5.41, 5.74) is 4.58. The zero-order chi connectivity index (χ0) is 13.4. The van der Waals surface area contributed by atoms with Crippen molar-refractivity contribution in [3.05, 3.63) is 0 Å². The fourth-order valence-corrected chi connectivity index (χ4v) is 1.35. The van der Waals surface area contributed by atoms with Crippen LogP contribution < -0.4 is 16.9 Å². The van der Waals surface area contributed by atoms with Gasteiger partial charge in [0.15, 0.2) is 0 Å². The van der Waals surface area contributed by atoms with Crippen LogP contribution in [0.5, 0.6) is 0 Å². The zero-order valence-corrected chi connectivity index (χ0v) is 9.28. The molecule has 9 N–H and O–H groups in total. The van der Waals surface area contributed by atoms with Crippen molar-refractivity contribution in [2.75, 3.05) is 0 Å². The zero-order valence-electron chi connectivity index (χ0n) is 7.50. The summed E-state index contributed by atoms with van der Waals surface area (Å²) in [6, 6.07) is -0.672. The van der Waals surface area contributed by atoms with Crippen LogP contribution in [0.2, 0.25) is 0 Å². The van der Waals surface area contributed by atoms with Crippen LogP contribution in [0.3, 0.4) is 0 Å². The summed E-state index contributed by atoms with van der Waals surface area (Å²) >= 11 is 0. The molecule has 0 aliphatic carbocycles. The van der Waals surface area contributed by atoms with Crippen LogP contribution in [0.1, 0.15) is 0 Å². The highest BCUT2D eigenvalue weighted by atomic mass is 31.3. The molecule has 0 saturated heterocycles. The minimum Gasteiger partial charge on any atom is -0.351 e. The molecule has 0 atom stereocenters. The minimum atomic E-state index is -5.05. The average Bonchev–Trinajstić information content (AvgIpc) is 1.94. The van der Waals surface area contributed by atoms with Crippen molar-refractivity contribution in [2.45, 2.75) is 0 Å². The van der Waals surface area contributed by atoms with E-state index in [1.165, 1.54) is 0 Å². The van der Waals surface area contributed by atoms with Gasteiger partial charge in [-0.15, -0.1) is 0 Å². The van der Waals surface area contributed by atoms with E-state index in [0.29, 0.717) is 0 Å². The molecule has 0 fully saturated rings. The normalized spacial score (nSPS) is 11.8. The highest BCUT2D eigenvalue weighted by molar-refractivity contribution is 7.60. The van der Waals surface area contributed by atoms with Crippen LogP contribution in [-0.4, -0.2) is 31.9 Å². The number of nitrogens with one attached hydrogen (secondary N) is 1. The minimum absolute atomic E-state index is 0.672. The quantitative estimate of drug-likeness (QED) is 0.0973. The van der Waals surface area contributed by atoms with E-state index in [9.17, 15) is 13.9 Å². The summed E-state index contributed by atoms with van der Waals surface area (Å²) in [7, 11) is -10.1. The largest absolute Gasteiger partial charge is 0.478 e. The first-order valence-electron chi connectivity index (χ1n) is 3.08. The summed E-state index contributed by atoms with van der Waals surface area (Å²) in [6.45, 7) is 0. The SMILES string of the molecule is NN=CNC(N)=O.O=P(O)(O)OP(=O)(O)O. The summed E-state index contributed by atoms with van der Waals surface area (Å²) in [4.78, 5) is 40.7. The summed E-state index contributed by atoms with van der Waals surface area (Å²) < 4.78 is 22.2. The number of nitrogens with two attached hydrogens (primary N) is 2. The fourth-order valence-electron chi connectivity index (χ4n) is 0.239. The first-order chi connectivity index (χ1) is 6.98. The van der Waals surface area contributed by atoms with Gasteiger partial charge in [0.25, 0.3) is 0 Å². The van der Waals surface area contributed by atoms with Crippen LogP contribution in [0.25, 0.3) is 0 Å². The molecule has 96 valence electrons. The molecule has 0 spiro atoms. The van der Waals surface area contributed by atoms with E-state index in [-0.39, 0.29) is 0 Å². The second-order valence-electron chi connectivity index (χ2n) is 1.85. The molecule has 0 bridgehead atoms. The number of nitrogens with zero attached hydrogens (tertiary/aromatic N) is 1. The molecule has 0 rings (SSSR count). The lowest BCUT2D eigenvalue weighted by molar-refractivity contribution is 0.225. The van der Waals surface area contributed by atoms with Crippen molar-refractivity contribution in [1.82, 2.24) is 5.32 Å². The highest BCUT2D eigenvalue weighted by Gasteiger charge is 2.27. The number of rotatable bonds is 3. The Kier molecular flexibility index (Phi) is 7.94. The van der Waals surface area contributed by atoms with Crippen molar-refractivity contribution in [3.63, 3.8) is 0 Å². The van der Waals surface area contributed by atoms with Crippen LogP contribution in [0.4, 0.5) is 4.79 Å². The number of urea groups is 1. The third-order valence-corrected chi connectivity index (χ3v) is 2.20. The molecule has 14 heteroatoms. The molecule has 12 nitrogen and oxygen atoms in total. The summed E-state index contributed by atoms with van der Waals surface area (Å²) in [5, 5.41) is 4.96.